The zero-order valence-corrected chi connectivity index (χ0v) is 22.1. The lowest BCUT2D eigenvalue weighted by atomic mass is 9.81. The molecule has 1 fully saturated rings. The maximum absolute atomic E-state index is 13.1. The summed E-state index contributed by atoms with van der Waals surface area (Å²) in [6.07, 6.45) is -2.07. The third kappa shape index (κ3) is 6.18. The second-order valence-corrected chi connectivity index (χ2v) is 12.1. The second-order valence-electron chi connectivity index (χ2n) is 9.38. The predicted octanol–water partition coefficient (Wildman–Crippen LogP) is 3.62. The van der Waals surface area contributed by atoms with Crippen LogP contribution in [0.25, 0.3) is 21.2 Å². The quantitative estimate of drug-likeness (QED) is 0.294. The van der Waals surface area contributed by atoms with Crippen LogP contribution in [0.1, 0.15) is 41.7 Å². The van der Waals surface area contributed by atoms with Gasteiger partial charge in [0.05, 0.1) is 28.2 Å². The molecule has 3 aromatic rings. The predicted molar refractivity (Wildman–Crippen MR) is 137 cm³/mol. The van der Waals surface area contributed by atoms with Gasteiger partial charge in [0.15, 0.2) is 5.01 Å². The van der Waals surface area contributed by atoms with Gasteiger partial charge in [-0.3, -0.25) is 4.79 Å². The first-order chi connectivity index (χ1) is 17.9. The zero-order valence-electron chi connectivity index (χ0n) is 20.5. The lowest BCUT2D eigenvalue weighted by Gasteiger charge is -2.24. The van der Waals surface area contributed by atoms with Crippen LogP contribution in [-0.2, 0) is 16.4 Å². The van der Waals surface area contributed by atoms with Crippen molar-refractivity contribution in [3.05, 3.63) is 47.1 Å². The molecule has 0 bridgehead atoms. The Balaban J connectivity index is 1.77. The molecule has 1 aliphatic rings. The molecule has 4 rings (SSSR count). The number of benzene rings is 2. The van der Waals surface area contributed by atoms with E-state index in [1.807, 2.05) is 0 Å². The van der Waals surface area contributed by atoms with Crippen LogP contribution in [0.4, 0.5) is 13.2 Å². The van der Waals surface area contributed by atoms with Gasteiger partial charge in [-0.05, 0) is 30.7 Å². The average Bonchev–Trinajstić information content (AvgIpc) is 3.26. The lowest BCUT2D eigenvalue weighted by molar-refractivity contribution is -0.147. The highest BCUT2D eigenvalue weighted by molar-refractivity contribution is 7.89. The maximum atomic E-state index is 13.1. The van der Waals surface area contributed by atoms with Crippen LogP contribution >= 0.6 is 11.3 Å². The molecule has 0 spiro atoms. The Bertz CT molecular complexity index is 1420. The van der Waals surface area contributed by atoms with Crippen molar-refractivity contribution in [3.63, 3.8) is 0 Å². The van der Waals surface area contributed by atoms with Gasteiger partial charge in [0, 0.05) is 17.5 Å². The van der Waals surface area contributed by atoms with Crippen LogP contribution in [0.2, 0.25) is 0 Å². The van der Waals surface area contributed by atoms with Gasteiger partial charge in [-0.2, -0.15) is 17.9 Å². The van der Waals surface area contributed by atoms with E-state index < -0.39 is 40.9 Å². The van der Waals surface area contributed by atoms with E-state index in [9.17, 15) is 31.5 Å². The van der Waals surface area contributed by atoms with Crippen molar-refractivity contribution in [2.75, 3.05) is 13.2 Å². The van der Waals surface area contributed by atoms with Crippen LogP contribution in [0, 0.1) is 5.92 Å². The average molecular weight is 572 g/mol. The largest absolute Gasteiger partial charge is 0.404 e. The first-order valence-electron chi connectivity index (χ1n) is 12.1. The number of aliphatic hydroxyl groups excluding tert-OH is 2. The number of hydrogen-bond acceptors (Lipinski definition) is 7. The topological polar surface area (TPSA) is 129 Å². The van der Waals surface area contributed by atoms with Crippen LogP contribution in [0.15, 0.2) is 41.3 Å². The Labute approximate surface area is 222 Å². The minimum Gasteiger partial charge on any atom is -0.394 e. The fourth-order valence-electron chi connectivity index (χ4n) is 4.19. The molecule has 206 valence electrons. The van der Waals surface area contributed by atoms with E-state index in [0.29, 0.717) is 33.9 Å². The van der Waals surface area contributed by atoms with E-state index in [0.717, 1.165) is 37.5 Å². The summed E-state index contributed by atoms with van der Waals surface area (Å²) in [5.41, 5.74) is 1.29. The summed E-state index contributed by atoms with van der Waals surface area (Å²) in [5, 5.41) is 22.0. The van der Waals surface area contributed by atoms with Crippen molar-refractivity contribution in [2.45, 2.75) is 55.8 Å². The molecule has 8 nitrogen and oxygen atoms in total. The molecule has 1 aromatic heterocycles. The summed E-state index contributed by atoms with van der Waals surface area (Å²) >= 11 is 1.12. The van der Waals surface area contributed by atoms with Crippen molar-refractivity contribution >= 4 is 38.0 Å². The number of alkyl halides is 3. The number of halogens is 3. The van der Waals surface area contributed by atoms with E-state index in [1.165, 1.54) is 18.2 Å². The summed E-state index contributed by atoms with van der Waals surface area (Å²) in [4.78, 5) is 17.7. The molecule has 4 N–H and O–H groups in total. The molecule has 1 amide bonds. The van der Waals surface area contributed by atoms with Crippen molar-refractivity contribution < 1.29 is 36.6 Å². The highest BCUT2D eigenvalue weighted by Gasteiger charge is 2.39. The number of thiazole rings is 1. The molecule has 1 saturated carbocycles. The van der Waals surface area contributed by atoms with Crippen LogP contribution in [0.5, 0.6) is 0 Å². The smallest absolute Gasteiger partial charge is 0.394 e. The number of nitrogens with one attached hydrogen (secondary N) is 2. The first kappa shape index (κ1) is 28.4. The minimum atomic E-state index is -4.74. The van der Waals surface area contributed by atoms with Gasteiger partial charge >= 0.3 is 6.18 Å². The molecule has 0 saturated heterocycles. The van der Waals surface area contributed by atoms with Gasteiger partial charge in [-0.1, -0.05) is 49.6 Å². The fourth-order valence-corrected chi connectivity index (χ4v) is 6.68. The fraction of sp³-hybridized carbons (Fsp3) is 0.440. The Morgan fingerprint density at radius 3 is 2.47 bits per heavy atom. The number of sulfonamides is 1. The van der Waals surface area contributed by atoms with Crippen molar-refractivity contribution in [1.82, 2.24) is 15.0 Å². The molecule has 2 atom stereocenters. The Hall–Kier alpha value is -2.58. The monoisotopic (exact) mass is 571 g/mol. The SMILES string of the molecule is CC(NS(=O)(=O)c1ccc(-c2sc(C(=O)NCC(O)CO)nc2CC2CCC2)c2ccccc12)C(F)(F)F. The third-order valence-corrected chi connectivity index (χ3v) is 9.28. The third-order valence-electron chi connectivity index (χ3n) is 6.55. The molecule has 2 aromatic carbocycles. The molecule has 2 unspecified atom stereocenters. The van der Waals surface area contributed by atoms with Gasteiger partial charge in [-0.15, -0.1) is 11.3 Å². The highest BCUT2D eigenvalue weighted by Crippen LogP contribution is 2.40. The van der Waals surface area contributed by atoms with E-state index in [-0.39, 0.29) is 21.8 Å². The molecule has 0 aliphatic heterocycles. The second kappa shape index (κ2) is 11.3. The molecule has 1 heterocycles. The zero-order chi connectivity index (χ0) is 27.7. The van der Waals surface area contributed by atoms with Crippen LogP contribution < -0.4 is 10.0 Å². The summed E-state index contributed by atoms with van der Waals surface area (Å²) in [6.45, 7) is 0.0828. The lowest BCUT2D eigenvalue weighted by Crippen LogP contribution is -2.43. The molecule has 38 heavy (non-hydrogen) atoms. The van der Waals surface area contributed by atoms with Crippen LogP contribution in [-0.4, -0.2) is 61.0 Å². The summed E-state index contributed by atoms with van der Waals surface area (Å²) < 4.78 is 66.8. The number of fused-ring (bicyclic) bond motifs is 1. The number of carbonyl (C=O) groups excluding carboxylic acids is 1. The van der Waals surface area contributed by atoms with Gasteiger partial charge in [0.2, 0.25) is 10.0 Å². The van der Waals surface area contributed by atoms with Gasteiger partial charge < -0.3 is 15.5 Å². The molecule has 13 heteroatoms. The Kier molecular flexibility index (Phi) is 8.43. The number of aromatic nitrogens is 1. The first-order valence-corrected chi connectivity index (χ1v) is 14.4. The summed E-state index contributed by atoms with van der Waals surface area (Å²) in [5.74, 6) is -0.112. The summed E-state index contributed by atoms with van der Waals surface area (Å²) in [7, 11) is -4.51. The number of amides is 1. The number of nitrogens with zero attached hydrogens (tertiary/aromatic N) is 1. The van der Waals surface area contributed by atoms with Gasteiger partial charge in [0.1, 0.15) is 6.04 Å². The van der Waals surface area contributed by atoms with E-state index in [4.69, 9.17) is 5.11 Å². The molecular formula is C25H28F3N3O5S2. The van der Waals surface area contributed by atoms with Gasteiger partial charge in [-0.25, -0.2) is 13.4 Å². The number of carbonyl (C=O) groups is 1. The highest BCUT2D eigenvalue weighted by atomic mass is 32.2. The van der Waals surface area contributed by atoms with Gasteiger partial charge in [0.25, 0.3) is 5.91 Å². The van der Waals surface area contributed by atoms with Crippen molar-refractivity contribution in [1.29, 1.82) is 0 Å². The molecule has 1 aliphatic carbocycles. The summed E-state index contributed by atoms with van der Waals surface area (Å²) in [6, 6.07) is 7.04. The standard InChI is InChI=1S/C25H28F3N3O5S2/c1-14(25(26,27)28)31-38(35,36)21-10-9-19(17-7-2-3-8-18(17)21)22-20(11-15-5-4-6-15)30-24(37-22)23(34)29-12-16(33)13-32/h2-3,7-10,14-16,31-33H,4-6,11-13H2,1H3,(H,29,34). The number of rotatable bonds is 10. The Morgan fingerprint density at radius 2 is 1.87 bits per heavy atom. The van der Waals surface area contributed by atoms with Crippen molar-refractivity contribution in [2.24, 2.45) is 5.92 Å². The van der Waals surface area contributed by atoms with E-state index in [1.54, 1.807) is 22.9 Å². The van der Waals surface area contributed by atoms with E-state index >= 15 is 0 Å². The minimum absolute atomic E-state index is 0.152. The Morgan fingerprint density at radius 1 is 1.18 bits per heavy atom. The molecule has 0 radical (unpaired) electrons. The number of aliphatic hydroxyl groups is 2. The molecular weight excluding hydrogens is 543 g/mol. The van der Waals surface area contributed by atoms with Crippen LogP contribution in [0.3, 0.4) is 0 Å². The van der Waals surface area contributed by atoms with E-state index in [2.05, 4.69) is 10.3 Å². The normalized spacial score (nSPS) is 16.3. The maximum Gasteiger partial charge on any atom is 0.404 e. The van der Waals surface area contributed by atoms with Crippen molar-refractivity contribution in [3.8, 4) is 10.4 Å². The number of hydrogen-bond donors (Lipinski definition) is 4.